The smallest absolute Gasteiger partial charge is 0.243 e. The zero-order valence-corrected chi connectivity index (χ0v) is 15.0. The monoisotopic (exact) mass is 330 g/mol. The summed E-state index contributed by atoms with van der Waals surface area (Å²) < 4.78 is 0. The third-order valence-corrected chi connectivity index (χ3v) is 5.72. The number of aliphatic hydroxyl groups excluding tert-OH is 1. The van der Waals surface area contributed by atoms with Crippen LogP contribution in [0.4, 0.5) is 0 Å². The number of β-amino-alcohol motifs (C(OH)–C–C–N with tert-alkyl or cyclic N) is 1. The van der Waals surface area contributed by atoms with E-state index in [4.69, 9.17) is 0 Å². The summed E-state index contributed by atoms with van der Waals surface area (Å²) in [5.74, 6) is 0.781. The molecular formula is C20H30N2O2. The standard InChI is InChI=1S/C20H30N2O2/c1-16(2)18-7-5-17(6-8-18)15-22-12-4-10-20(22)9-3-11-21(13-14-23)19(20)24/h5-8,16,23H,3-4,9-15H2,1-2H3. The molecule has 0 radical (unpaired) electrons. The molecule has 3 rings (SSSR count). The largest absolute Gasteiger partial charge is 0.395 e. The zero-order valence-electron chi connectivity index (χ0n) is 15.0. The molecule has 1 aromatic carbocycles. The topological polar surface area (TPSA) is 43.8 Å². The van der Waals surface area contributed by atoms with E-state index >= 15 is 0 Å². The lowest BCUT2D eigenvalue weighted by Gasteiger charge is -2.44. The number of carbonyl (C=O) groups is 1. The lowest BCUT2D eigenvalue weighted by Crippen LogP contribution is -2.60. The summed E-state index contributed by atoms with van der Waals surface area (Å²) in [4.78, 5) is 17.3. The molecule has 1 unspecified atom stereocenters. The van der Waals surface area contributed by atoms with Gasteiger partial charge in [-0.1, -0.05) is 38.1 Å². The predicted molar refractivity (Wildman–Crippen MR) is 95.8 cm³/mol. The molecule has 1 amide bonds. The molecule has 2 heterocycles. The van der Waals surface area contributed by atoms with Crippen molar-refractivity contribution < 1.29 is 9.90 Å². The van der Waals surface area contributed by atoms with Gasteiger partial charge in [0.05, 0.1) is 6.61 Å². The van der Waals surface area contributed by atoms with Crippen LogP contribution in [0.5, 0.6) is 0 Å². The Labute approximate surface area is 145 Å². The predicted octanol–water partition coefficient (Wildman–Crippen LogP) is 2.76. The SMILES string of the molecule is CC(C)c1ccc(CN2CCCC23CCCN(CCO)C3=O)cc1. The van der Waals surface area contributed by atoms with Gasteiger partial charge >= 0.3 is 0 Å². The molecule has 2 aliphatic heterocycles. The second-order valence-corrected chi connectivity index (χ2v) is 7.57. The first-order valence-corrected chi connectivity index (χ1v) is 9.31. The molecule has 2 saturated heterocycles. The van der Waals surface area contributed by atoms with Crippen LogP contribution in [0.1, 0.15) is 56.6 Å². The average Bonchev–Trinajstić information content (AvgIpc) is 2.96. The van der Waals surface area contributed by atoms with Gasteiger partial charge in [-0.3, -0.25) is 9.69 Å². The van der Waals surface area contributed by atoms with Gasteiger partial charge in [0, 0.05) is 19.6 Å². The quantitative estimate of drug-likeness (QED) is 0.903. The molecule has 4 nitrogen and oxygen atoms in total. The molecule has 2 aliphatic rings. The summed E-state index contributed by atoms with van der Waals surface area (Å²) in [7, 11) is 0. The zero-order chi connectivity index (χ0) is 17.2. The number of amides is 1. The van der Waals surface area contributed by atoms with Crippen molar-refractivity contribution in [2.75, 3.05) is 26.2 Å². The Morgan fingerprint density at radius 1 is 1.12 bits per heavy atom. The molecule has 1 spiro atoms. The van der Waals surface area contributed by atoms with E-state index in [9.17, 15) is 9.90 Å². The summed E-state index contributed by atoms with van der Waals surface area (Å²) in [6, 6.07) is 8.84. The van der Waals surface area contributed by atoms with Crippen molar-refractivity contribution in [1.82, 2.24) is 9.80 Å². The van der Waals surface area contributed by atoms with E-state index < -0.39 is 0 Å². The van der Waals surface area contributed by atoms with Crippen molar-refractivity contribution in [3.05, 3.63) is 35.4 Å². The van der Waals surface area contributed by atoms with Gasteiger partial charge < -0.3 is 10.0 Å². The number of hydrogen-bond donors (Lipinski definition) is 1. The molecular weight excluding hydrogens is 300 g/mol. The summed E-state index contributed by atoms with van der Waals surface area (Å²) in [5, 5.41) is 9.23. The van der Waals surface area contributed by atoms with Gasteiger partial charge in [-0.15, -0.1) is 0 Å². The van der Waals surface area contributed by atoms with Crippen LogP contribution in [-0.2, 0) is 11.3 Å². The van der Waals surface area contributed by atoms with Crippen molar-refractivity contribution in [1.29, 1.82) is 0 Å². The molecule has 132 valence electrons. The van der Waals surface area contributed by atoms with Crippen LogP contribution in [0, 0.1) is 0 Å². The maximum absolute atomic E-state index is 13.1. The highest BCUT2D eigenvalue weighted by atomic mass is 16.3. The van der Waals surface area contributed by atoms with E-state index in [1.165, 1.54) is 11.1 Å². The molecule has 4 heteroatoms. The first kappa shape index (κ1) is 17.4. The van der Waals surface area contributed by atoms with Crippen LogP contribution >= 0.6 is 0 Å². The number of hydrogen-bond acceptors (Lipinski definition) is 3. The van der Waals surface area contributed by atoms with E-state index in [0.717, 1.165) is 45.3 Å². The van der Waals surface area contributed by atoms with Gasteiger partial charge in [0.25, 0.3) is 0 Å². The van der Waals surface area contributed by atoms with Crippen LogP contribution in [0.3, 0.4) is 0 Å². The molecule has 0 bridgehead atoms. The van der Waals surface area contributed by atoms with Crippen LogP contribution in [-0.4, -0.2) is 52.6 Å². The second kappa shape index (κ2) is 7.24. The summed E-state index contributed by atoms with van der Waals surface area (Å²) in [5.41, 5.74) is 2.31. The minimum absolute atomic E-state index is 0.0541. The number of rotatable bonds is 5. The fourth-order valence-corrected chi connectivity index (χ4v) is 4.32. The van der Waals surface area contributed by atoms with Crippen LogP contribution in [0.25, 0.3) is 0 Å². The van der Waals surface area contributed by atoms with Gasteiger partial charge in [-0.25, -0.2) is 0 Å². The molecule has 24 heavy (non-hydrogen) atoms. The highest BCUT2D eigenvalue weighted by Crippen LogP contribution is 2.39. The molecule has 1 aromatic rings. The van der Waals surface area contributed by atoms with E-state index in [1.807, 2.05) is 4.90 Å². The summed E-state index contributed by atoms with van der Waals surface area (Å²) in [6.07, 6.45) is 4.03. The third kappa shape index (κ3) is 3.22. The van der Waals surface area contributed by atoms with Crippen LogP contribution in [0.2, 0.25) is 0 Å². The Hall–Kier alpha value is -1.39. The normalized spacial score (nSPS) is 25.2. The number of likely N-dealkylation sites (tertiary alicyclic amines) is 2. The van der Waals surface area contributed by atoms with Crippen molar-refractivity contribution in [3.8, 4) is 0 Å². The minimum Gasteiger partial charge on any atom is -0.395 e. The highest BCUT2D eigenvalue weighted by Gasteiger charge is 2.50. The first-order valence-electron chi connectivity index (χ1n) is 9.31. The number of benzene rings is 1. The average molecular weight is 330 g/mol. The maximum atomic E-state index is 13.1. The Balaban J connectivity index is 1.76. The first-order chi connectivity index (χ1) is 11.6. The molecule has 0 aliphatic carbocycles. The van der Waals surface area contributed by atoms with E-state index in [-0.39, 0.29) is 18.1 Å². The van der Waals surface area contributed by atoms with Crippen molar-refractivity contribution in [2.24, 2.45) is 0 Å². The van der Waals surface area contributed by atoms with Crippen molar-refractivity contribution in [3.63, 3.8) is 0 Å². The number of nitrogens with zero attached hydrogens (tertiary/aromatic N) is 2. The summed E-state index contributed by atoms with van der Waals surface area (Å²) >= 11 is 0. The Morgan fingerprint density at radius 2 is 1.79 bits per heavy atom. The van der Waals surface area contributed by atoms with Crippen LogP contribution in [0.15, 0.2) is 24.3 Å². The van der Waals surface area contributed by atoms with Crippen molar-refractivity contribution >= 4 is 5.91 Å². The van der Waals surface area contributed by atoms with Gasteiger partial charge in [0.15, 0.2) is 0 Å². The van der Waals surface area contributed by atoms with Gasteiger partial charge in [0.2, 0.25) is 5.91 Å². The second-order valence-electron chi connectivity index (χ2n) is 7.57. The number of carbonyl (C=O) groups excluding carboxylic acids is 1. The van der Waals surface area contributed by atoms with E-state index in [1.54, 1.807) is 0 Å². The molecule has 1 N–H and O–H groups in total. The molecule has 2 fully saturated rings. The lowest BCUT2D eigenvalue weighted by molar-refractivity contribution is -0.148. The maximum Gasteiger partial charge on any atom is 0.243 e. The highest BCUT2D eigenvalue weighted by molar-refractivity contribution is 5.87. The third-order valence-electron chi connectivity index (χ3n) is 5.72. The fourth-order valence-electron chi connectivity index (χ4n) is 4.32. The Bertz CT molecular complexity index is 568. The summed E-state index contributed by atoms with van der Waals surface area (Å²) in [6.45, 7) is 7.57. The van der Waals surface area contributed by atoms with Crippen molar-refractivity contribution in [2.45, 2.75) is 57.5 Å². The fraction of sp³-hybridized carbons (Fsp3) is 0.650. The molecule has 1 atom stereocenters. The van der Waals surface area contributed by atoms with Gasteiger partial charge in [-0.05, 0) is 49.3 Å². The van der Waals surface area contributed by atoms with E-state index in [2.05, 4.69) is 43.0 Å². The molecule has 0 saturated carbocycles. The Morgan fingerprint density at radius 3 is 2.42 bits per heavy atom. The lowest BCUT2D eigenvalue weighted by atomic mass is 9.85. The van der Waals surface area contributed by atoms with Gasteiger partial charge in [0.1, 0.15) is 5.54 Å². The van der Waals surface area contributed by atoms with E-state index in [0.29, 0.717) is 12.5 Å². The number of piperidine rings is 1. The molecule has 0 aromatic heterocycles. The number of aliphatic hydroxyl groups is 1. The Kier molecular flexibility index (Phi) is 5.26. The minimum atomic E-state index is -0.329. The van der Waals surface area contributed by atoms with Crippen LogP contribution < -0.4 is 0 Å². The van der Waals surface area contributed by atoms with Gasteiger partial charge in [-0.2, -0.15) is 0 Å².